The van der Waals surface area contributed by atoms with Crippen LogP contribution in [0.3, 0.4) is 0 Å². The monoisotopic (exact) mass is 336 g/mol. The SMILES string of the molecule is CCOc1ccc(S(=O)(=O)NC(CC)(CC)CN)cc1.Cl. The minimum atomic E-state index is -3.57. The summed E-state index contributed by atoms with van der Waals surface area (Å²) in [6.45, 7) is 6.56. The van der Waals surface area contributed by atoms with E-state index in [1.54, 1.807) is 24.3 Å². The molecule has 7 heteroatoms. The van der Waals surface area contributed by atoms with Gasteiger partial charge in [0.05, 0.1) is 11.5 Å². The molecule has 0 bridgehead atoms. The summed E-state index contributed by atoms with van der Waals surface area (Å²) in [5.74, 6) is 0.655. The molecule has 0 aliphatic rings. The summed E-state index contributed by atoms with van der Waals surface area (Å²) in [5, 5.41) is 0. The Morgan fingerprint density at radius 2 is 1.67 bits per heavy atom. The van der Waals surface area contributed by atoms with Crippen LogP contribution in [0.2, 0.25) is 0 Å². The van der Waals surface area contributed by atoms with E-state index in [-0.39, 0.29) is 23.8 Å². The molecule has 0 atom stereocenters. The molecule has 0 amide bonds. The number of rotatable bonds is 8. The lowest BCUT2D eigenvalue weighted by Crippen LogP contribution is -2.52. The van der Waals surface area contributed by atoms with Gasteiger partial charge in [-0.05, 0) is 44.0 Å². The van der Waals surface area contributed by atoms with Crippen molar-refractivity contribution in [1.82, 2.24) is 4.72 Å². The molecule has 1 aromatic carbocycles. The number of benzene rings is 1. The van der Waals surface area contributed by atoms with Crippen LogP contribution in [0.25, 0.3) is 0 Å². The van der Waals surface area contributed by atoms with Gasteiger partial charge >= 0.3 is 0 Å². The molecule has 0 aliphatic heterocycles. The normalized spacial score (nSPS) is 11.8. The van der Waals surface area contributed by atoms with Gasteiger partial charge in [-0.15, -0.1) is 12.4 Å². The van der Waals surface area contributed by atoms with Gasteiger partial charge in [0.1, 0.15) is 5.75 Å². The predicted molar refractivity (Wildman–Crippen MR) is 87.5 cm³/mol. The molecule has 0 unspecified atom stereocenters. The van der Waals surface area contributed by atoms with E-state index in [0.717, 1.165) is 0 Å². The van der Waals surface area contributed by atoms with Crippen molar-refractivity contribution in [1.29, 1.82) is 0 Å². The van der Waals surface area contributed by atoms with E-state index < -0.39 is 15.6 Å². The molecular weight excluding hydrogens is 312 g/mol. The standard InChI is InChI=1S/C14H24N2O3S.ClH/c1-4-14(5-2,11-15)16-20(17,18)13-9-7-12(8-10-13)19-6-3;/h7-10,16H,4-6,11,15H2,1-3H3;1H. The largest absolute Gasteiger partial charge is 0.494 e. The first-order chi connectivity index (χ1) is 9.43. The van der Waals surface area contributed by atoms with Crippen LogP contribution in [0.5, 0.6) is 5.75 Å². The molecule has 5 nitrogen and oxygen atoms in total. The average molecular weight is 337 g/mol. The van der Waals surface area contributed by atoms with Gasteiger partial charge in [0.25, 0.3) is 0 Å². The lowest BCUT2D eigenvalue weighted by molar-refractivity contribution is 0.340. The minimum Gasteiger partial charge on any atom is -0.494 e. The fraction of sp³-hybridized carbons (Fsp3) is 0.571. The highest BCUT2D eigenvalue weighted by Crippen LogP contribution is 2.20. The number of ether oxygens (including phenoxy) is 1. The maximum Gasteiger partial charge on any atom is 0.241 e. The molecule has 0 fully saturated rings. The van der Waals surface area contributed by atoms with Crippen LogP contribution in [0.15, 0.2) is 29.2 Å². The van der Waals surface area contributed by atoms with Crippen LogP contribution in [-0.4, -0.2) is 27.1 Å². The summed E-state index contributed by atoms with van der Waals surface area (Å²) in [5.41, 5.74) is 5.14. The second kappa shape index (κ2) is 8.58. The first-order valence-electron chi connectivity index (χ1n) is 6.90. The first kappa shape index (κ1) is 20.2. The molecule has 0 saturated carbocycles. The highest BCUT2D eigenvalue weighted by molar-refractivity contribution is 7.89. The topological polar surface area (TPSA) is 81.4 Å². The van der Waals surface area contributed by atoms with E-state index in [0.29, 0.717) is 25.2 Å². The molecule has 0 saturated heterocycles. The number of nitrogens with one attached hydrogen (secondary N) is 1. The van der Waals surface area contributed by atoms with Gasteiger partial charge < -0.3 is 10.5 Å². The average Bonchev–Trinajstić information content (AvgIpc) is 2.46. The van der Waals surface area contributed by atoms with Crippen molar-refractivity contribution in [2.75, 3.05) is 13.2 Å². The molecule has 0 heterocycles. The molecular formula is C14H25ClN2O3S. The number of nitrogens with two attached hydrogens (primary N) is 1. The Labute approximate surface area is 133 Å². The van der Waals surface area contributed by atoms with Crippen LogP contribution >= 0.6 is 12.4 Å². The van der Waals surface area contributed by atoms with Crippen molar-refractivity contribution in [3.05, 3.63) is 24.3 Å². The molecule has 21 heavy (non-hydrogen) atoms. The zero-order valence-electron chi connectivity index (χ0n) is 12.8. The molecule has 0 aliphatic carbocycles. The van der Waals surface area contributed by atoms with Crippen LogP contribution in [0, 0.1) is 0 Å². The Balaban J connectivity index is 0.00000400. The lowest BCUT2D eigenvalue weighted by Gasteiger charge is -2.31. The number of hydrogen-bond acceptors (Lipinski definition) is 4. The summed E-state index contributed by atoms with van der Waals surface area (Å²) in [4.78, 5) is 0.223. The third-order valence-corrected chi connectivity index (χ3v) is 5.13. The highest BCUT2D eigenvalue weighted by Gasteiger charge is 2.30. The Morgan fingerprint density at radius 3 is 2.05 bits per heavy atom. The van der Waals surface area contributed by atoms with Gasteiger partial charge in [-0.25, -0.2) is 13.1 Å². The van der Waals surface area contributed by atoms with Gasteiger partial charge in [0, 0.05) is 12.1 Å². The number of halogens is 1. The van der Waals surface area contributed by atoms with Crippen molar-refractivity contribution in [3.8, 4) is 5.75 Å². The fourth-order valence-corrected chi connectivity index (χ4v) is 3.50. The second-order valence-corrected chi connectivity index (χ2v) is 6.38. The minimum absolute atomic E-state index is 0. The zero-order chi connectivity index (χ0) is 15.2. The summed E-state index contributed by atoms with van der Waals surface area (Å²) in [6, 6.07) is 6.39. The van der Waals surface area contributed by atoms with E-state index in [1.807, 2.05) is 20.8 Å². The summed E-state index contributed by atoms with van der Waals surface area (Å²) in [6.07, 6.45) is 1.30. The maximum absolute atomic E-state index is 12.4. The highest BCUT2D eigenvalue weighted by atomic mass is 35.5. The fourth-order valence-electron chi connectivity index (χ4n) is 1.95. The van der Waals surface area contributed by atoms with Gasteiger partial charge in [0.15, 0.2) is 0 Å². The molecule has 0 spiro atoms. The molecule has 0 radical (unpaired) electrons. The summed E-state index contributed by atoms with van der Waals surface area (Å²) >= 11 is 0. The van der Waals surface area contributed by atoms with Gasteiger partial charge in [-0.3, -0.25) is 0 Å². The molecule has 1 aromatic rings. The third kappa shape index (κ3) is 5.14. The Morgan fingerprint density at radius 1 is 1.14 bits per heavy atom. The molecule has 1 rings (SSSR count). The molecule has 122 valence electrons. The van der Waals surface area contributed by atoms with Crippen LogP contribution < -0.4 is 15.2 Å². The maximum atomic E-state index is 12.4. The van der Waals surface area contributed by atoms with Crippen molar-refractivity contribution in [2.45, 2.75) is 44.0 Å². The van der Waals surface area contributed by atoms with Gasteiger partial charge in [-0.1, -0.05) is 13.8 Å². The van der Waals surface area contributed by atoms with Gasteiger partial charge in [-0.2, -0.15) is 0 Å². The van der Waals surface area contributed by atoms with Crippen LogP contribution in [-0.2, 0) is 10.0 Å². The quantitative estimate of drug-likeness (QED) is 0.763. The Bertz CT molecular complexity index is 505. The van der Waals surface area contributed by atoms with E-state index in [1.165, 1.54) is 0 Å². The summed E-state index contributed by atoms with van der Waals surface area (Å²) < 4.78 is 32.8. The number of sulfonamides is 1. The van der Waals surface area contributed by atoms with Gasteiger partial charge in [0.2, 0.25) is 10.0 Å². The lowest BCUT2D eigenvalue weighted by atomic mass is 9.95. The van der Waals surface area contributed by atoms with E-state index >= 15 is 0 Å². The smallest absolute Gasteiger partial charge is 0.241 e. The third-order valence-electron chi connectivity index (χ3n) is 3.54. The molecule has 3 N–H and O–H groups in total. The Kier molecular flexibility index (Phi) is 8.25. The van der Waals surface area contributed by atoms with E-state index in [4.69, 9.17) is 10.5 Å². The van der Waals surface area contributed by atoms with Crippen molar-refractivity contribution >= 4 is 22.4 Å². The second-order valence-electron chi connectivity index (χ2n) is 4.70. The Hall–Kier alpha value is -0.820. The zero-order valence-corrected chi connectivity index (χ0v) is 14.4. The van der Waals surface area contributed by atoms with E-state index in [2.05, 4.69) is 4.72 Å². The van der Waals surface area contributed by atoms with Crippen LogP contribution in [0.1, 0.15) is 33.6 Å². The van der Waals surface area contributed by atoms with Crippen molar-refractivity contribution in [3.63, 3.8) is 0 Å². The van der Waals surface area contributed by atoms with E-state index in [9.17, 15) is 8.42 Å². The number of hydrogen-bond donors (Lipinski definition) is 2. The van der Waals surface area contributed by atoms with Crippen LogP contribution in [0.4, 0.5) is 0 Å². The predicted octanol–water partition coefficient (Wildman–Crippen LogP) is 2.30. The molecule has 0 aromatic heterocycles. The van der Waals surface area contributed by atoms with Crippen molar-refractivity contribution < 1.29 is 13.2 Å². The van der Waals surface area contributed by atoms with Crippen molar-refractivity contribution in [2.24, 2.45) is 5.73 Å². The first-order valence-corrected chi connectivity index (χ1v) is 8.38. The summed E-state index contributed by atoms with van der Waals surface area (Å²) in [7, 11) is -3.57.